The summed E-state index contributed by atoms with van der Waals surface area (Å²) >= 11 is 0. The van der Waals surface area contributed by atoms with Crippen LogP contribution in [0.1, 0.15) is 45.4 Å². The first-order valence-electron chi connectivity index (χ1n) is 6.55. The van der Waals surface area contributed by atoms with Crippen LogP contribution in [0.2, 0.25) is 0 Å². The molecule has 0 saturated heterocycles. The van der Waals surface area contributed by atoms with E-state index in [0.29, 0.717) is 5.54 Å². The summed E-state index contributed by atoms with van der Waals surface area (Å²) in [4.78, 5) is 0. The van der Waals surface area contributed by atoms with Gasteiger partial charge in [0.2, 0.25) is 0 Å². The van der Waals surface area contributed by atoms with Gasteiger partial charge in [0.25, 0.3) is 0 Å². The molecule has 4 aliphatic rings. The van der Waals surface area contributed by atoms with Crippen LogP contribution in [0.3, 0.4) is 0 Å². The fourth-order valence-corrected chi connectivity index (χ4v) is 4.67. The fraction of sp³-hybridized carbons (Fsp3) is 0.857. The summed E-state index contributed by atoms with van der Waals surface area (Å²) in [7, 11) is 0. The van der Waals surface area contributed by atoms with E-state index in [1.165, 1.54) is 44.1 Å². The van der Waals surface area contributed by atoms with Crippen molar-refractivity contribution in [3.05, 3.63) is 12.2 Å². The smallest absolute Gasteiger partial charge is 0.0192 e. The molecule has 0 amide bonds. The van der Waals surface area contributed by atoms with Crippen LogP contribution in [0, 0.1) is 17.8 Å². The lowest BCUT2D eigenvalue weighted by atomic mass is 9.53. The molecule has 0 aliphatic heterocycles. The van der Waals surface area contributed by atoms with E-state index in [1.54, 1.807) is 0 Å². The minimum absolute atomic E-state index is 0.522. The largest absolute Gasteiger partial charge is 0.308 e. The molecule has 84 valence electrons. The molecule has 0 aromatic carbocycles. The Labute approximate surface area is 93.3 Å². The molecule has 1 heteroatoms. The molecule has 1 nitrogen and oxygen atoms in total. The highest BCUT2D eigenvalue weighted by Crippen LogP contribution is 2.55. The van der Waals surface area contributed by atoms with E-state index in [1.807, 2.05) is 0 Å². The maximum absolute atomic E-state index is 4.01. The highest BCUT2D eigenvalue weighted by molar-refractivity contribution is 5.08. The molecule has 4 rings (SSSR count). The van der Waals surface area contributed by atoms with Gasteiger partial charge in [0.1, 0.15) is 0 Å². The Balaban J connectivity index is 1.72. The van der Waals surface area contributed by atoms with E-state index in [4.69, 9.17) is 0 Å². The Bertz CT molecular complexity index is 244. The summed E-state index contributed by atoms with van der Waals surface area (Å²) in [5.74, 6) is 3.15. The van der Waals surface area contributed by atoms with Crippen LogP contribution in [-0.4, -0.2) is 12.1 Å². The molecular formula is C14H23N. The molecule has 0 aromatic heterocycles. The van der Waals surface area contributed by atoms with Crippen molar-refractivity contribution in [1.29, 1.82) is 0 Å². The van der Waals surface area contributed by atoms with Crippen LogP contribution < -0.4 is 5.32 Å². The minimum atomic E-state index is 0.522. The molecule has 15 heavy (non-hydrogen) atoms. The van der Waals surface area contributed by atoms with Crippen molar-refractivity contribution in [2.24, 2.45) is 17.8 Å². The summed E-state index contributed by atoms with van der Waals surface area (Å²) in [6, 6.07) is 0. The lowest BCUT2D eigenvalue weighted by molar-refractivity contribution is -0.0182. The maximum Gasteiger partial charge on any atom is 0.0192 e. The third-order valence-electron chi connectivity index (χ3n) is 4.80. The van der Waals surface area contributed by atoms with E-state index < -0.39 is 0 Å². The van der Waals surface area contributed by atoms with E-state index >= 15 is 0 Å². The van der Waals surface area contributed by atoms with Crippen molar-refractivity contribution in [1.82, 2.24) is 5.32 Å². The summed E-state index contributed by atoms with van der Waals surface area (Å²) in [6.07, 6.45) is 8.96. The minimum Gasteiger partial charge on any atom is -0.308 e. The van der Waals surface area contributed by atoms with Crippen molar-refractivity contribution in [3.8, 4) is 0 Å². The molecule has 1 N–H and O–H groups in total. The molecule has 4 aliphatic carbocycles. The summed E-state index contributed by atoms with van der Waals surface area (Å²) in [5, 5.41) is 3.83. The lowest BCUT2D eigenvalue weighted by Gasteiger charge is -2.57. The van der Waals surface area contributed by atoms with Crippen LogP contribution in [0.5, 0.6) is 0 Å². The highest BCUT2D eigenvalue weighted by atomic mass is 15.0. The molecule has 4 saturated carbocycles. The van der Waals surface area contributed by atoms with Crippen LogP contribution in [0.15, 0.2) is 12.2 Å². The average molecular weight is 205 g/mol. The van der Waals surface area contributed by atoms with Gasteiger partial charge in [0.15, 0.2) is 0 Å². The molecular weight excluding hydrogens is 182 g/mol. The molecule has 0 unspecified atom stereocenters. The van der Waals surface area contributed by atoms with E-state index in [2.05, 4.69) is 18.8 Å². The SMILES string of the molecule is C=C(C)CNC12CC3CC(CC(C3)C1)C2. The number of nitrogens with one attached hydrogen (secondary N) is 1. The molecule has 0 heterocycles. The van der Waals surface area contributed by atoms with Crippen molar-refractivity contribution >= 4 is 0 Å². The Morgan fingerprint density at radius 2 is 1.60 bits per heavy atom. The molecule has 0 radical (unpaired) electrons. The first-order chi connectivity index (χ1) is 7.15. The van der Waals surface area contributed by atoms with Gasteiger partial charge in [0, 0.05) is 12.1 Å². The second kappa shape index (κ2) is 3.35. The van der Waals surface area contributed by atoms with Gasteiger partial charge in [-0.1, -0.05) is 12.2 Å². The zero-order valence-electron chi connectivity index (χ0n) is 9.89. The number of hydrogen-bond acceptors (Lipinski definition) is 1. The maximum atomic E-state index is 4.01. The second-order valence-electron chi connectivity index (χ2n) is 6.51. The first-order valence-corrected chi connectivity index (χ1v) is 6.55. The number of rotatable bonds is 3. The van der Waals surface area contributed by atoms with Crippen LogP contribution in [0.4, 0.5) is 0 Å². The van der Waals surface area contributed by atoms with E-state index in [-0.39, 0.29) is 0 Å². The van der Waals surface area contributed by atoms with Gasteiger partial charge in [-0.15, -0.1) is 0 Å². The quantitative estimate of drug-likeness (QED) is 0.698. The van der Waals surface area contributed by atoms with Gasteiger partial charge in [-0.05, 0) is 63.2 Å². The summed E-state index contributed by atoms with van der Waals surface area (Å²) in [5.41, 5.74) is 1.80. The Hall–Kier alpha value is -0.300. The van der Waals surface area contributed by atoms with Gasteiger partial charge in [0.05, 0.1) is 0 Å². The van der Waals surface area contributed by atoms with Gasteiger partial charge in [-0.2, -0.15) is 0 Å². The van der Waals surface area contributed by atoms with Crippen molar-refractivity contribution < 1.29 is 0 Å². The first kappa shape index (κ1) is 9.89. The Morgan fingerprint density at radius 1 is 1.13 bits per heavy atom. The van der Waals surface area contributed by atoms with E-state index in [9.17, 15) is 0 Å². The van der Waals surface area contributed by atoms with Gasteiger partial charge in [-0.3, -0.25) is 0 Å². The standard InChI is InChI=1S/C14H23N/c1-10(2)9-15-14-6-11-3-12(7-14)5-13(4-11)8-14/h11-13,15H,1,3-9H2,2H3. The molecule has 4 fully saturated rings. The second-order valence-corrected chi connectivity index (χ2v) is 6.51. The van der Waals surface area contributed by atoms with Gasteiger partial charge < -0.3 is 5.32 Å². The van der Waals surface area contributed by atoms with E-state index in [0.717, 1.165) is 24.3 Å². The van der Waals surface area contributed by atoms with Crippen molar-refractivity contribution in [3.63, 3.8) is 0 Å². The van der Waals surface area contributed by atoms with Crippen LogP contribution in [0.25, 0.3) is 0 Å². The monoisotopic (exact) mass is 205 g/mol. The summed E-state index contributed by atoms with van der Waals surface area (Å²) < 4.78 is 0. The van der Waals surface area contributed by atoms with Crippen molar-refractivity contribution in [2.45, 2.75) is 51.0 Å². The molecule has 0 atom stereocenters. The highest BCUT2D eigenvalue weighted by Gasteiger charge is 2.50. The Kier molecular flexibility index (Phi) is 2.21. The lowest BCUT2D eigenvalue weighted by Crippen LogP contribution is -2.58. The Morgan fingerprint density at radius 3 is 2.00 bits per heavy atom. The third kappa shape index (κ3) is 1.75. The van der Waals surface area contributed by atoms with Crippen LogP contribution in [-0.2, 0) is 0 Å². The molecule has 0 aromatic rings. The summed E-state index contributed by atoms with van der Waals surface area (Å²) in [6.45, 7) is 7.18. The molecule has 0 spiro atoms. The van der Waals surface area contributed by atoms with Crippen LogP contribution >= 0.6 is 0 Å². The van der Waals surface area contributed by atoms with Gasteiger partial charge >= 0.3 is 0 Å². The zero-order valence-corrected chi connectivity index (χ0v) is 9.89. The normalized spacial score (nSPS) is 47.1. The third-order valence-corrected chi connectivity index (χ3v) is 4.80. The van der Waals surface area contributed by atoms with Crippen molar-refractivity contribution in [2.75, 3.05) is 6.54 Å². The topological polar surface area (TPSA) is 12.0 Å². The fourth-order valence-electron chi connectivity index (χ4n) is 4.67. The predicted octanol–water partition coefficient (Wildman–Crippen LogP) is 3.12. The zero-order chi connectivity index (χ0) is 10.5. The molecule has 4 bridgehead atoms. The van der Waals surface area contributed by atoms with Gasteiger partial charge in [-0.25, -0.2) is 0 Å². The average Bonchev–Trinajstić information content (AvgIpc) is 2.12. The predicted molar refractivity (Wildman–Crippen MR) is 63.7 cm³/mol. The number of hydrogen-bond donors (Lipinski definition) is 1.